The second kappa shape index (κ2) is 4.45. The van der Waals surface area contributed by atoms with Crippen molar-refractivity contribution in [3.63, 3.8) is 0 Å². The van der Waals surface area contributed by atoms with Crippen LogP contribution < -0.4 is 5.73 Å². The summed E-state index contributed by atoms with van der Waals surface area (Å²) >= 11 is 2.30. The zero-order valence-electron chi connectivity index (χ0n) is 9.37. The van der Waals surface area contributed by atoms with Gasteiger partial charge in [0.25, 0.3) is 0 Å². The first-order valence-corrected chi connectivity index (χ1v) is 6.19. The highest BCUT2D eigenvalue weighted by Crippen LogP contribution is 2.16. The van der Waals surface area contributed by atoms with E-state index in [0.717, 1.165) is 23.6 Å². The van der Waals surface area contributed by atoms with Gasteiger partial charge in [-0.15, -0.1) is 0 Å². The monoisotopic (exact) mass is 327 g/mol. The molecule has 16 heavy (non-hydrogen) atoms. The Balaban J connectivity index is 2.27. The Kier molecular flexibility index (Phi) is 3.18. The maximum atomic E-state index is 5.90. The van der Waals surface area contributed by atoms with Crippen LogP contribution in [0.15, 0.2) is 24.3 Å². The van der Waals surface area contributed by atoms with Gasteiger partial charge in [-0.2, -0.15) is 5.10 Å². The summed E-state index contributed by atoms with van der Waals surface area (Å²) in [4.78, 5) is 0. The molecule has 0 fully saturated rings. The van der Waals surface area contributed by atoms with Crippen LogP contribution in [0.2, 0.25) is 0 Å². The van der Waals surface area contributed by atoms with E-state index in [1.54, 1.807) is 0 Å². The molecule has 0 saturated heterocycles. The van der Waals surface area contributed by atoms with Crippen LogP contribution in [-0.4, -0.2) is 9.78 Å². The van der Waals surface area contributed by atoms with Gasteiger partial charge in [-0.05, 0) is 54.1 Å². The van der Waals surface area contributed by atoms with E-state index in [9.17, 15) is 0 Å². The van der Waals surface area contributed by atoms with Crippen molar-refractivity contribution in [3.8, 4) is 0 Å². The van der Waals surface area contributed by atoms with Crippen LogP contribution >= 0.6 is 22.6 Å². The number of nitrogens with two attached hydrogens (primary N) is 1. The summed E-state index contributed by atoms with van der Waals surface area (Å²) < 4.78 is 3.20. The minimum atomic E-state index is 0.779. The molecule has 2 rings (SSSR count). The standard InChI is InChI=1S/C12H14IN3/c1-8-12(14)9(2)16(15-8)7-10-3-5-11(13)6-4-10/h3-6H,7,14H2,1-2H3. The highest BCUT2D eigenvalue weighted by atomic mass is 127. The van der Waals surface area contributed by atoms with Crippen LogP contribution in [0.4, 0.5) is 5.69 Å². The third-order valence-corrected chi connectivity index (χ3v) is 3.40. The number of nitrogens with zero attached hydrogens (tertiary/aromatic N) is 2. The summed E-state index contributed by atoms with van der Waals surface area (Å²) in [6, 6.07) is 8.44. The van der Waals surface area contributed by atoms with Gasteiger partial charge in [0.1, 0.15) is 0 Å². The number of rotatable bonds is 2. The molecule has 0 amide bonds. The smallest absolute Gasteiger partial charge is 0.0826 e. The normalized spacial score (nSPS) is 10.7. The lowest BCUT2D eigenvalue weighted by molar-refractivity contribution is 0.659. The zero-order valence-corrected chi connectivity index (χ0v) is 11.5. The van der Waals surface area contributed by atoms with Crippen LogP contribution in [-0.2, 0) is 6.54 Å². The van der Waals surface area contributed by atoms with Gasteiger partial charge < -0.3 is 5.73 Å². The molecule has 1 aromatic heterocycles. The van der Waals surface area contributed by atoms with Crippen molar-refractivity contribution in [1.29, 1.82) is 0 Å². The van der Waals surface area contributed by atoms with Crippen LogP contribution in [0, 0.1) is 17.4 Å². The number of nitrogen functional groups attached to an aromatic ring is 1. The fourth-order valence-corrected chi connectivity index (χ4v) is 1.99. The number of aromatic nitrogens is 2. The van der Waals surface area contributed by atoms with E-state index in [2.05, 4.69) is 52.0 Å². The van der Waals surface area contributed by atoms with E-state index < -0.39 is 0 Å². The largest absolute Gasteiger partial charge is 0.396 e. The Morgan fingerprint density at radius 2 is 1.88 bits per heavy atom. The Labute approximate surface area is 109 Å². The maximum Gasteiger partial charge on any atom is 0.0826 e. The molecule has 4 heteroatoms. The number of benzene rings is 1. The Morgan fingerprint density at radius 3 is 2.38 bits per heavy atom. The topological polar surface area (TPSA) is 43.8 Å². The molecule has 0 aliphatic carbocycles. The number of hydrogen-bond donors (Lipinski definition) is 1. The number of aryl methyl sites for hydroxylation is 1. The Bertz CT molecular complexity index is 500. The van der Waals surface area contributed by atoms with Crippen molar-refractivity contribution in [2.45, 2.75) is 20.4 Å². The van der Waals surface area contributed by atoms with E-state index in [4.69, 9.17) is 5.73 Å². The van der Waals surface area contributed by atoms with Gasteiger partial charge in [0.15, 0.2) is 0 Å². The fraction of sp³-hybridized carbons (Fsp3) is 0.250. The molecule has 1 aromatic carbocycles. The van der Waals surface area contributed by atoms with Gasteiger partial charge in [0.2, 0.25) is 0 Å². The Morgan fingerprint density at radius 1 is 1.25 bits per heavy atom. The lowest BCUT2D eigenvalue weighted by Gasteiger charge is -2.04. The Hall–Kier alpha value is -1.04. The molecule has 1 heterocycles. The average molecular weight is 327 g/mol. The van der Waals surface area contributed by atoms with Crippen molar-refractivity contribution in [2.75, 3.05) is 5.73 Å². The molecule has 0 saturated carbocycles. The van der Waals surface area contributed by atoms with Gasteiger partial charge in [0.05, 0.1) is 23.6 Å². The molecule has 0 unspecified atom stereocenters. The van der Waals surface area contributed by atoms with Crippen molar-refractivity contribution in [3.05, 3.63) is 44.8 Å². The van der Waals surface area contributed by atoms with E-state index in [0.29, 0.717) is 0 Å². The first-order valence-electron chi connectivity index (χ1n) is 5.12. The molecule has 2 N–H and O–H groups in total. The zero-order chi connectivity index (χ0) is 11.7. The van der Waals surface area contributed by atoms with E-state index in [1.165, 1.54) is 9.13 Å². The molecule has 84 valence electrons. The molecule has 0 aliphatic rings. The van der Waals surface area contributed by atoms with Crippen molar-refractivity contribution in [1.82, 2.24) is 9.78 Å². The predicted molar refractivity (Wildman–Crippen MR) is 74.4 cm³/mol. The number of halogens is 1. The fourth-order valence-electron chi connectivity index (χ4n) is 1.63. The molecule has 0 atom stereocenters. The summed E-state index contributed by atoms with van der Waals surface area (Å²) in [5.41, 5.74) is 9.88. The van der Waals surface area contributed by atoms with Gasteiger partial charge in [-0.3, -0.25) is 4.68 Å². The van der Waals surface area contributed by atoms with Crippen LogP contribution in [0.25, 0.3) is 0 Å². The van der Waals surface area contributed by atoms with Crippen LogP contribution in [0.1, 0.15) is 17.0 Å². The quantitative estimate of drug-likeness (QED) is 0.862. The van der Waals surface area contributed by atoms with E-state index in [-0.39, 0.29) is 0 Å². The molecule has 0 radical (unpaired) electrons. The molecule has 0 spiro atoms. The number of hydrogen-bond acceptors (Lipinski definition) is 2. The average Bonchev–Trinajstić information content (AvgIpc) is 2.50. The second-order valence-corrected chi connectivity index (χ2v) is 5.11. The summed E-state index contributed by atoms with van der Waals surface area (Å²) in [6.45, 7) is 4.72. The second-order valence-electron chi connectivity index (χ2n) is 3.87. The summed E-state index contributed by atoms with van der Waals surface area (Å²) in [7, 11) is 0. The van der Waals surface area contributed by atoms with Crippen molar-refractivity contribution >= 4 is 28.3 Å². The summed E-state index contributed by atoms with van der Waals surface area (Å²) in [5, 5.41) is 4.42. The van der Waals surface area contributed by atoms with Gasteiger partial charge in [0, 0.05) is 3.57 Å². The summed E-state index contributed by atoms with van der Waals surface area (Å²) in [5.74, 6) is 0. The van der Waals surface area contributed by atoms with Crippen LogP contribution in [0.3, 0.4) is 0 Å². The molecular weight excluding hydrogens is 313 g/mol. The molecule has 0 bridgehead atoms. The minimum Gasteiger partial charge on any atom is -0.396 e. The first kappa shape index (κ1) is 11.4. The highest BCUT2D eigenvalue weighted by Gasteiger charge is 2.07. The first-order chi connectivity index (χ1) is 7.58. The lowest BCUT2D eigenvalue weighted by atomic mass is 10.2. The van der Waals surface area contributed by atoms with Crippen LogP contribution in [0.5, 0.6) is 0 Å². The van der Waals surface area contributed by atoms with Gasteiger partial charge >= 0.3 is 0 Å². The van der Waals surface area contributed by atoms with Gasteiger partial charge in [-0.25, -0.2) is 0 Å². The maximum absolute atomic E-state index is 5.90. The SMILES string of the molecule is Cc1nn(Cc2ccc(I)cc2)c(C)c1N. The molecule has 3 nitrogen and oxygen atoms in total. The lowest BCUT2D eigenvalue weighted by Crippen LogP contribution is -2.04. The van der Waals surface area contributed by atoms with Crippen molar-refractivity contribution in [2.24, 2.45) is 0 Å². The molecule has 2 aromatic rings. The van der Waals surface area contributed by atoms with E-state index in [1.807, 2.05) is 18.5 Å². The molecular formula is C12H14IN3. The van der Waals surface area contributed by atoms with Crippen molar-refractivity contribution < 1.29 is 0 Å². The minimum absolute atomic E-state index is 0.779. The number of anilines is 1. The third kappa shape index (κ3) is 2.21. The van der Waals surface area contributed by atoms with E-state index >= 15 is 0 Å². The third-order valence-electron chi connectivity index (χ3n) is 2.68. The van der Waals surface area contributed by atoms with Gasteiger partial charge in [-0.1, -0.05) is 12.1 Å². The molecule has 0 aliphatic heterocycles. The summed E-state index contributed by atoms with van der Waals surface area (Å²) in [6.07, 6.45) is 0. The predicted octanol–water partition coefficient (Wildman–Crippen LogP) is 2.74. The highest BCUT2D eigenvalue weighted by molar-refractivity contribution is 14.1.